The number of nitrogens with two attached hydrogens (primary N) is 1. The zero-order valence-electron chi connectivity index (χ0n) is 20.9. The minimum Gasteiger partial charge on any atom is -0.507 e. The summed E-state index contributed by atoms with van der Waals surface area (Å²) in [5.41, 5.74) is 2.96. The molecule has 202 valence electrons. The molecule has 0 radical (unpaired) electrons. The average molecular weight is 528 g/mol. The van der Waals surface area contributed by atoms with Gasteiger partial charge in [-0.3, -0.25) is 14.4 Å². The molecule has 5 atom stereocenters. The molecule has 2 aromatic carbocycles. The summed E-state index contributed by atoms with van der Waals surface area (Å²) in [4.78, 5) is 39.9. The standard InChI is InChI=1S/C27H29NO10/c1-3-17(30)27(35)8-12-20(16(9-27)38-18-7-13(28)14(29)10-37-18)26(34)22-21(24(12)32)23(31)11-5-4-6-15(36-2)19(11)25(22)33/h4-6,13-14,16,18,29,32,34-35H,3,7-10,28H2,1-2H3/t13?,14?,16-,18?,27-/m0/s1. The molecule has 2 aliphatic carbocycles. The fourth-order valence-corrected chi connectivity index (χ4v) is 5.63. The number of hydrogen-bond donors (Lipinski definition) is 5. The van der Waals surface area contributed by atoms with Gasteiger partial charge in [0.05, 0.1) is 42.6 Å². The van der Waals surface area contributed by atoms with Gasteiger partial charge >= 0.3 is 0 Å². The second-order valence-electron chi connectivity index (χ2n) is 9.92. The van der Waals surface area contributed by atoms with Crippen molar-refractivity contribution < 1.29 is 49.0 Å². The van der Waals surface area contributed by atoms with E-state index >= 15 is 0 Å². The Bertz CT molecular complexity index is 1350. The summed E-state index contributed by atoms with van der Waals surface area (Å²) in [5.74, 6) is -3.06. The van der Waals surface area contributed by atoms with Crippen molar-refractivity contribution in [2.75, 3.05) is 13.7 Å². The van der Waals surface area contributed by atoms with Crippen LogP contribution in [0.1, 0.15) is 75.3 Å². The highest BCUT2D eigenvalue weighted by Gasteiger charge is 2.49. The molecule has 1 saturated heterocycles. The van der Waals surface area contributed by atoms with Gasteiger partial charge in [-0.25, -0.2) is 0 Å². The summed E-state index contributed by atoms with van der Waals surface area (Å²) < 4.78 is 16.9. The van der Waals surface area contributed by atoms with Crippen molar-refractivity contribution in [3.05, 3.63) is 51.6 Å². The van der Waals surface area contributed by atoms with Crippen LogP contribution in [0.15, 0.2) is 18.2 Å². The molecule has 0 amide bonds. The number of methoxy groups -OCH3 is 1. The zero-order chi connectivity index (χ0) is 27.5. The van der Waals surface area contributed by atoms with Crippen molar-refractivity contribution in [2.45, 2.75) is 62.7 Å². The number of carbonyl (C=O) groups excluding carboxylic acids is 3. The average Bonchev–Trinajstić information content (AvgIpc) is 2.90. The fourth-order valence-electron chi connectivity index (χ4n) is 5.63. The second-order valence-corrected chi connectivity index (χ2v) is 9.92. The number of phenolic OH excluding ortho intramolecular Hbond substituents is 2. The van der Waals surface area contributed by atoms with Gasteiger partial charge in [-0.1, -0.05) is 19.1 Å². The Morgan fingerprint density at radius 3 is 2.53 bits per heavy atom. The van der Waals surface area contributed by atoms with Crippen LogP contribution in [0.2, 0.25) is 0 Å². The number of fused-ring (bicyclic) bond motifs is 3. The number of rotatable bonds is 5. The molecular formula is C27H29NO10. The first-order valence-electron chi connectivity index (χ1n) is 12.4. The van der Waals surface area contributed by atoms with Crippen LogP contribution in [0.4, 0.5) is 0 Å². The Kier molecular flexibility index (Phi) is 6.52. The van der Waals surface area contributed by atoms with E-state index in [1.54, 1.807) is 6.92 Å². The molecule has 1 aliphatic heterocycles. The molecule has 2 aromatic rings. The molecule has 11 heteroatoms. The number of aromatic hydroxyl groups is 2. The Hall–Kier alpha value is -3.35. The van der Waals surface area contributed by atoms with Crippen LogP contribution < -0.4 is 10.5 Å². The Balaban J connectivity index is 1.69. The van der Waals surface area contributed by atoms with Crippen LogP contribution in [-0.4, -0.2) is 75.5 Å². The van der Waals surface area contributed by atoms with Crippen LogP contribution in [0.25, 0.3) is 0 Å². The molecule has 11 nitrogen and oxygen atoms in total. The first-order chi connectivity index (χ1) is 18.0. The van der Waals surface area contributed by atoms with Crippen LogP contribution in [0.5, 0.6) is 17.2 Å². The number of ether oxygens (including phenoxy) is 3. The van der Waals surface area contributed by atoms with Gasteiger partial charge in [-0.05, 0) is 6.07 Å². The van der Waals surface area contributed by atoms with Gasteiger partial charge in [-0.15, -0.1) is 0 Å². The number of phenols is 2. The summed E-state index contributed by atoms with van der Waals surface area (Å²) in [6.07, 6.45) is -3.75. The molecule has 6 N–H and O–H groups in total. The van der Waals surface area contributed by atoms with Crippen LogP contribution in [0, 0.1) is 0 Å². The van der Waals surface area contributed by atoms with Crippen molar-refractivity contribution in [1.29, 1.82) is 0 Å². The van der Waals surface area contributed by atoms with Crippen molar-refractivity contribution in [2.24, 2.45) is 5.73 Å². The Morgan fingerprint density at radius 1 is 1.16 bits per heavy atom. The first kappa shape index (κ1) is 26.3. The number of hydrogen-bond acceptors (Lipinski definition) is 11. The highest BCUT2D eigenvalue weighted by atomic mass is 16.7. The fraction of sp³-hybridized carbons (Fsp3) is 0.444. The quantitative estimate of drug-likeness (QED) is 0.298. The highest BCUT2D eigenvalue weighted by molar-refractivity contribution is 6.31. The van der Waals surface area contributed by atoms with Crippen molar-refractivity contribution in [3.8, 4) is 17.2 Å². The number of carbonyl (C=O) groups is 3. The number of aliphatic hydroxyl groups is 2. The molecule has 38 heavy (non-hydrogen) atoms. The van der Waals surface area contributed by atoms with Gasteiger partial charge < -0.3 is 40.4 Å². The maximum atomic E-state index is 13.6. The van der Waals surface area contributed by atoms with E-state index in [1.807, 2.05) is 0 Å². The summed E-state index contributed by atoms with van der Waals surface area (Å²) in [7, 11) is 1.34. The lowest BCUT2D eigenvalue weighted by Crippen LogP contribution is -2.49. The molecule has 0 bridgehead atoms. The van der Waals surface area contributed by atoms with Gasteiger partial charge in [0.2, 0.25) is 5.78 Å². The lowest BCUT2D eigenvalue weighted by Gasteiger charge is -2.41. The van der Waals surface area contributed by atoms with Crippen molar-refractivity contribution in [3.63, 3.8) is 0 Å². The number of benzene rings is 2. The SMILES string of the molecule is CCC(=O)[C@]1(O)Cc2c(O)c3c(c(O)c2[C@@H](OC2CC(N)C(O)CO2)C1)C(=O)c1c(OC)cccc1C3=O. The van der Waals surface area contributed by atoms with Crippen LogP contribution >= 0.6 is 0 Å². The molecule has 0 saturated carbocycles. The first-order valence-corrected chi connectivity index (χ1v) is 12.4. The molecule has 0 aromatic heterocycles. The van der Waals surface area contributed by atoms with Crippen LogP contribution in [-0.2, 0) is 20.7 Å². The van der Waals surface area contributed by atoms with Gasteiger partial charge in [0, 0.05) is 48.4 Å². The Morgan fingerprint density at radius 2 is 1.87 bits per heavy atom. The highest BCUT2D eigenvalue weighted by Crippen LogP contribution is 2.52. The summed E-state index contributed by atoms with van der Waals surface area (Å²) >= 11 is 0. The van der Waals surface area contributed by atoms with Gasteiger partial charge in [0.15, 0.2) is 17.9 Å². The van der Waals surface area contributed by atoms with E-state index in [0.29, 0.717) is 0 Å². The zero-order valence-corrected chi connectivity index (χ0v) is 20.9. The largest absolute Gasteiger partial charge is 0.507 e. The van der Waals surface area contributed by atoms with E-state index in [4.69, 9.17) is 19.9 Å². The summed E-state index contributed by atoms with van der Waals surface area (Å²) in [6.45, 7) is 1.46. The maximum Gasteiger partial charge on any atom is 0.202 e. The number of ketones is 3. The third-order valence-corrected chi connectivity index (χ3v) is 7.64. The Labute approximate surface area is 217 Å². The lowest BCUT2D eigenvalue weighted by atomic mass is 9.71. The van der Waals surface area contributed by atoms with Gasteiger partial charge in [0.25, 0.3) is 0 Å². The van der Waals surface area contributed by atoms with Crippen molar-refractivity contribution in [1.82, 2.24) is 0 Å². The van der Waals surface area contributed by atoms with E-state index in [9.17, 15) is 34.8 Å². The lowest BCUT2D eigenvalue weighted by molar-refractivity contribution is -0.223. The molecular weight excluding hydrogens is 498 g/mol. The monoisotopic (exact) mass is 527 g/mol. The smallest absolute Gasteiger partial charge is 0.202 e. The van der Waals surface area contributed by atoms with E-state index in [-0.39, 0.29) is 53.9 Å². The number of aliphatic hydroxyl groups excluding tert-OH is 1. The third kappa shape index (κ3) is 3.89. The summed E-state index contributed by atoms with van der Waals surface area (Å²) in [6, 6.07) is 3.78. The molecule has 1 heterocycles. The molecule has 3 aliphatic rings. The van der Waals surface area contributed by atoms with Crippen molar-refractivity contribution >= 4 is 17.3 Å². The number of Topliss-reactive ketones (excluding diaryl/α,β-unsaturated/α-hetero) is 1. The molecule has 3 unspecified atom stereocenters. The molecule has 5 rings (SSSR count). The minimum atomic E-state index is -1.98. The minimum absolute atomic E-state index is 0.0110. The van der Waals surface area contributed by atoms with E-state index < -0.39 is 76.5 Å². The van der Waals surface area contributed by atoms with E-state index in [1.165, 1.54) is 25.3 Å². The van der Waals surface area contributed by atoms with Gasteiger partial charge in [-0.2, -0.15) is 0 Å². The predicted octanol–water partition coefficient (Wildman–Crippen LogP) is 1.03. The van der Waals surface area contributed by atoms with E-state index in [0.717, 1.165) is 0 Å². The summed E-state index contributed by atoms with van der Waals surface area (Å²) in [5, 5.41) is 44.1. The maximum absolute atomic E-state index is 13.6. The van der Waals surface area contributed by atoms with E-state index in [2.05, 4.69) is 0 Å². The predicted molar refractivity (Wildman–Crippen MR) is 130 cm³/mol. The van der Waals surface area contributed by atoms with Crippen LogP contribution in [0.3, 0.4) is 0 Å². The normalized spacial score (nSPS) is 28.3. The molecule has 0 spiro atoms. The third-order valence-electron chi connectivity index (χ3n) is 7.64. The second kappa shape index (κ2) is 9.44. The topological polar surface area (TPSA) is 186 Å². The van der Waals surface area contributed by atoms with Gasteiger partial charge in [0.1, 0.15) is 22.8 Å². The molecule has 1 fully saturated rings.